The summed E-state index contributed by atoms with van der Waals surface area (Å²) >= 11 is 0. The van der Waals surface area contributed by atoms with Crippen LogP contribution in [0.1, 0.15) is 64.2 Å². The van der Waals surface area contributed by atoms with Crippen LogP contribution in [0.25, 0.3) is 11.5 Å². The maximum atomic E-state index is 4.79. The normalized spacial score (nSPS) is 16.6. The number of rotatable bonds is 6. The van der Waals surface area contributed by atoms with Crippen LogP contribution in [-0.2, 0) is 0 Å². The molecule has 3 rings (SSSR count). The van der Waals surface area contributed by atoms with Crippen molar-refractivity contribution in [2.45, 2.75) is 58.4 Å². The molecule has 2 heterocycles. The van der Waals surface area contributed by atoms with Gasteiger partial charge in [-0.2, -0.15) is 0 Å². The molecule has 20 heavy (non-hydrogen) atoms. The number of hydrogen-bond acceptors (Lipinski definition) is 4. The molecule has 0 aromatic heterocycles. The molecular weight excluding hydrogens is 250 g/mol. The predicted octanol–water partition coefficient (Wildman–Crippen LogP) is 3.45. The van der Waals surface area contributed by atoms with E-state index >= 15 is 0 Å². The maximum absolute atomic E-state index is 4.79. The Labute approximate surface area is 120 Å². The molecule has 0 aromatic rings. The van der Waals surface area contributed by atoms with E-state index in [0.29, 0.717) is 12.0 Å². The molecule has 3 aliphatic rings. The zero-order chi connectivity index (χ0) is 14.1. The Kier molecular flexibility index (Phi) is 3.59. The summed E-state index contributed by atoms with van der Waals surface area (Å²) in [5.41, 5.74) is 0.930. The predicted molar refractivity (Wildman–Crippen MR) is 80.2 cm³/mol. The van der Waals surface area contributed by atoms with Crippen LogP contribution in [-0.4, -0.2) is 26.1 Å². The molecule has 0 aromatic carbocycles. The van der Waals surface area contributed by atoms with Gasteiger partial charge in [0.15, 0.2) is 17.3 Å². The van der Waals surface area contributed by atoms with Crippen molar-refractivity contribution in [3.05, 3.63) is 12.2 Å². The second kappa shape index (κ2) is 5.38. The second-order valence-corrected chi connectivity index (χ2v) is 5.70. The first-order valence-electron chi connectivity index (χ1n) is 7.72. The summed E-state index contributed by atoms with van der Waals surface area (Å²) in [7, 11) is 0. The fourth-order valence-corrected chi connectivity index (χ4v) is 2.63. The molecule has 1 saturated carbocycles. The Morgan fingerprint density at radius 3 is 2.80 bits per heavy atom. The maximum Gasteiger partial charge on any atom is 0.166 e. The van der Waals surface area contributed by atoms with Crippen molar-refractivity contribution in [3.8, 4) is 11.5 Å². The molecule has 1 fully saturated rings. The van der Waals surface area contributed by atoms with Crippen LogP contribution in [0.2, 0.25) is 0 Å². The van der Waals surface area contributed by atoms with Gasteiger partial charge in [0.25, 0.3) is 0 Å². The van der Waals surface area contributed by atoms with Gasteiger partial charge in [-0.25, -0.2) is 15.0 Å². The zero-order valence-corrected chi connectivity index (χ0v) is 12.6. The average molecular weight is 273 g/mol. The molecule has 5 nitrogen and oxygen atoms in total. The molecule has 2 aliphatic heterocycles. The molecule has 0 spiro atoms. The molecule has 108 valence electrons. The molecule has 1 aliphatic carbocycles. The van der Waals surface area contributed by atoms with Crippen LogP contribution in [0.5, 0.6) is 0 Å². The summed E-state index contributed by atoms with van der Waals surface area (Å²) in [6, 6.07) is 0.412. The third kappa shape index (κ3) is 2.37. The standard InChI is InChI=1S/C15H23N5/c1-4-6-10(3)20-9-17-14(16-5-2)12-15(20)19-13(18-12)11-7-8-11/h9-11,16H,4-8H2,1-3H3. The van der Waals surface area contributed by atoms with Gasteiger partial charge in [-0.1, -0.05) is 13.3 Å². The number of aromatic nitrogens is 4. The van der Waals surface area contributed by atoms with Gasteiger partial charge in [0.2, 0.25) is 0 Å². The van der Waals surface area contributed by atoms with Crippen LogP contribution in [0.4, 0.5) is 5.82 Å². The van der Waals surface area contributed by atoms with E-state index in [0.717, 1.165) is 42.5 Å². The zero-order valence-electron chi connectivity index (χ0n) is 12.6. The molecular formula is C15H23N5. The second-order valence-electron chi connectivity index (χ2n) is 5.70. The summed E-state index contributed by atoms with van der Waals surface area (Å²) in [6.45, 7) is 7.36. The third-order valence-corrected chi connectivity index (χ3v) is 3.91. The molecule has 1 atom stereocenters. The van der Waals surface area contributed by atoms with Crippen LogP contribution >= 0.6 is 0 Å². The Morgan fingerprint density at radius 2 is 2.15 bits per heavy atom. The molecule has 1 unspecified atom stereocenters. The van der Waals surface area contributed by atoms with Crippen molar-refractivity contribution in [2.24, 2.45) is 0 Å². The smallest absolute Gasteiger partial charge is 0.166 e. The highest BCUT2D eigenvalue weighted by Gasteiger charge is 2.31. The number of anilines is 1. The van der Waals surface area contributed by atoms with E-state index in [4.69, 9.17) is 9.97 Å². The van der Waals surface area contributed by atoms with E-state index < -0.39 is 0 Å². The van der Waals surface area contributed by atoms with Crippen molar-refractivity contribution in [1.82, 2.24) is 19.5 Å². The molecule has 0 radical (unpaired) electrons. The van der Waals surface area contributed by atoms with Crippen molar-refractivity contribution >= 4 is 5.82 Å². The number of nitrogens with one attached hydrogen (secondary N) is 1. The SMILES string of the molecule is CCCC(C)n1cnc(NCC)c2nc(C3CC3)nc1-2. The molecule has 0 bridgehead atoms. The molecule has 1 N–H and O–H groups in total. The third-order valence-electron chi connectivity index (χ3n) is 3.91. The highest BCUT2D eigenvalue weighted by Crippen LogP contribution is 2.41. The van der Waals surface area contributed by atoms with E-state index in [9.17, 15) is 0 Å². The molecule has 0 saturated heterocycles. The van der Waals surface area contributed by atoms with Gasteiger partial charge in [-0.3, -0.25) is 0 Å². The van der Waals surface area contributed by atoms with Crippen LogP contribution in [0.15, 0.2) is 6.33 Å². The van der Waals surface area contributed by atoms with Crippen LogP contribution in [0, 0.1) is 0 Å². The minimum Gasteiger partial charge on any atom is -0.368 e. The van der Waals surface area contributed by atoms with E-state index in [2.05, 4.69) is 35.6 Å². The van der Waals surface area contributed by atoms with Gasteiger partial charge >= 0.3 is 0 Å². The van der Waals surface area contributed by atoms with Gasteiger partial charge in [0.05, 0.1) is 6.33 Å². The van der Waals surface area contributed by atoms with Gasteiger partial charge in [0, 0.05) is 18.5 Å². The summed E-state index contributed by atoms with van der Waals surface area (Å²) in [5.74, 6) is 3.43. The Bertz CT molecular complexity index is 558. The van der Waals surface area contributed by atoms with E-state index in [1.54, 1.807) is 0 Å². The van der Waals surface area contributed by atoms with E-state index in [1.165, 1.54) is 12.8 Å². The van der Waals surface area contributed by atoms with Gasteiger partial charge in [-0.15, -0.1) is 0 Å². The summed E-state index contributed by atoms with van der Waals surface area (Å²) < 4.78 is 2.18. The minimum atomic E-state index is 0.412. The Balaban J connectivity index is 2.05. The first-order valence-corrected chi connectivity index (χ1v) is 7.72. The number of nitrogens with zero attached hydrogens (tertiary/aromatic N) is 4. The van der Waals surface area contributed by atoms with Crippen LogP contribution in [0.3, 0.4) is 0 Å². The quantitative estimate of drug-likeness (QED) is 0.876. The Hall–Kier alpha value is -1.65. The highest BCUT2D eigenvalue weighted by molar-refractivity contribution is 5.67. The minimum absolute atomic E-state index is 0.412. The van der Waals surface area contributed by atoms with Crippen molar-refractivity contribution in [2.75, 3.05) is 11.9 Å². The van der Waals surface area contributed by atoms with Crippen LogP contribution < -0.4 is 5.32 Å². The largest absolute Gasteiger partial charge is 0.368 e. The lowest BCUT2D eigenvalue weighted by molar-refractivity contribution is 0.492. The topological polar surface area (TPSA) is 55.6 Å². The van der Waals surface area contributed by atoms with Gasteiger partial charge in [0.1, 0.15) is 5.82 Å². The average Bonchev–Trinajstić information content (AvgIpc) is 3.19. The highest BCUT2D eigenvalue weighted by atomic mass is 15.2. The summed E-state index contributed by atoms with van der Waals surface area (Å²) in [4.78, 5) is 14.1. The first kappa shape index (κ1) is 13.3. The van der Waals surface area contributed by atoms with Crippen molar-refractivity contribution < 1.29 is 0 Å². The summed E-state index contributed by atoms with van der Waals surface area (Å²) in [5, 5.41) is 3.29. The van der Waals surface area contributed by atoms with E-state index in [1.807, 2.05) is 6.33 Å². The monoisotopic (exact) mass is 273 g/mol. The van der Waals surface area contributed by atoms with Gasteiger partial charge in [-0.05, 0) is 33.1 Å². The molecule has 5 heteroatoms. The summed E-state index contributed by atoms with van der Waals surface area (Å²) in [6.07, 6.45) is 6.66. The molecule has 0 amide bonds. The lowest BCUT2D eigenvalue weighted by atomic mass is 10.2. The fourth-order valence-electron chi connectivity index (χ4n) is 2.63. The fraction of sp³-hybridized carbons (Fsp3) is 0.667. The van der Waals surface area contributed by atoms with E-state index in [-0.39, 0.29) is 0 Å². The van der Waals surface area contributed by atoms with Crippen molar-refractivity contribution in [3.63, 3.8) is 0 Å². The number of fused-ring (bicyclic) bond motifs is 1. The lowest BCUT2D eigenvalue weighted by Crippen LogP contribution is -2.13. The number of hydrogen-bond donors (Lipinski definition) is 1. The number of imidazole rings is 1. The first-order chi connectivity index (χ1) is 9.74. The van der Waals surface area contributed by atoms with Gasteiger partial charge < -0.3 is 9.88 Å². The van der Waals surface area contributed by atoms with Crippen molar-refractivity contribution in [1.29, 1.82) is 0 Å². The Morgan fingerprint density at radius 1 is 1.35 bits per heavy atom. The lowest BCUT2D eigenvalue weighted by Gasteiger charge is -2.19.